The fourth-order valence-corrected chi connectivity index (χ4v) is 1.69. The van der Waals surface area contributed by atoms with Crippen LogP contribution in [0.1, 0.15) is 12.5 Å². The number of hydrogen-bond acceptors (Lipinski definition) is 6. The Kier molecular flexibility index (Phi) is 4.27. The van der Waals surface area contributed by atoms with E-state index in [4.69, 9.17) is 4.74 Å². The molecule has 0 aliphatic heterocycles. The van der Waals surface area contributed by atoms with Crippen molar-refractivity contribution in [3.8, 4) is 11.6 Å². The highest BCUT2D eigenvalue weighted by molar-refractivity contribution is 5.61. The zero-order valence-corrected chi connectivity index (χ0v) is 11.5. The minimum Gasteiger partial charge on any atom is -0.433 e. The van der Waals surface area contributed by atoms with Crippen molar-refractivity contribution in [1.82, 2.24) is 9.97 Å². The molecule has 21 heavy (non-hydrogen) atoms. The lowest BCUT2D eigenvalue weighted by Gasteiger charge is -2.10. The van der Waals surface area contributed by atoms with E-state index in [9.17, 15) is 14.5 Å². The second-order valence-electron chi connectivity index (χ2n) is 4.18. The normalized spacial score (nSPS) is 10.2. The van der Waals surface area contributed by atoms with Crippen molar-refractivity contribution >= 4 is 11.5 Å². The summed E-state index contributed by atoms with van der Waals surface area (Å²) in [6.07, 6.45) is 1.15. The van der Waals surface area contributed by atoms with Gasteiger partial charge in [0.25, 0.3) is 0 Å². The Morgan fingerprint density at radius 1 is 1.43 bits per heavy atom. The molecule has 0 aliphatic rings. The minimum absolute atomic E-state index is 0.0570. The van der Waals surface area contributed by atoms with Crippen LogP contribution in [0.25, 0.3) is 0 Å². The Bertz CT molecular complexity index is 678. The molecule has 0 spiro atoms. The van der Waals surface area contributed by atoms with E-state index in [2.05, 4.69) is 15.3 Å². The average Bonchev–Trinajstić information content (AvgIpc) is 2.43. The van der Waals surface area contributed by atoms with E-state index in [1.807, 2.05) is 0 Å². The van der Waals surface area contributed by atoms with E-state index in [0.717, 1.165) is 12.4 Å². The van der Waals surface area contributed by atoms with Gasteiger partial charge in [0.05, 0.1) is 4.92 Å². The van der Waals surface area contributed by atoms with Crippen LogP contribution < -0.4 is 10.1 Å². The van der Waals surface area contributed by atoms with Gasteiger partial charge in [0.15, 0.2) is 0 Å². The first kappa shape index (κ1) is 14.6. The first-order chi connectivity index (χ1) is 10.0. The summed E-state index contributed by atoms with van der Waals surface area (Å²) in [5.41, 5.74) is 0.248. The maximum absolute atomic E-state index is 13.3. The van der Waals surface area contributed by atoms with Crippen molar-refractivity contribution in [3.63, 3.8) is 0 Å². The maximum atomic E-state index is 13.3. The van der Waals surface area contributed by atoms with Gasteiger partial charge in [0.2, 0.25) is 5.82 Å². The molecule has 0 aliphatic carbocycles. The van der Waals surface area contributed by atoms with Crippen molar-refractivity contribution in [2.75, 3.05) is 11.9 Å². The molecule has 8 heteroatoms. The fourth-order valence-electron chi connectivity index (χ4n) is 1.69. The summed E-state index contributed by atoms with van der Waals surface area (Å²) in [5.74, 6) is -0.514. The maximum Gasteiger partial charge on any atom is 0.373 e. The molecule has 0 saturated carbocycles. The monoisotopic (exact) mass is 292 g/mol. The van der Waals surface area contributed by atoms with Gasteiger partial charge in [-0.2, -0.15) is 4.98 Å². The number of benzene rings is 1. The zero-order chi connectivity index (χ0) is 15.4. The third-order valence-corrected chi connectivity index (χ3v) is 2.67. The second-order valence-corrected chi connectivity index (χ2v) is 4.18. The smallest absolute Gasteiger partial charge is 0.373 e. The van der Waals surface area contributed by atoms with Gasteiger partial charge in [-0.3, -0.25) is 10.1 Å². The van der Waals surface area contributed by atoms with Gasteiger partial charge in [0, 0.05) is 12.6 Å². The summed E-state index contributed by atoms with van der Waals surface area (Å²) in [6.45, 7) is 3.94. The number of aryl methyl sites for hydroxylation is 1. The van der Waals surface area contributed by atoms with Gasteiger partial charge in [-0.05, 0) is 25.5 Å². The third-order valence-electron chi connectivity index (χ3n) is 2.67. The second kappa shape index (κ2) is 6.12. The number of nitrogens with one attached hydrogen (secondary N) is 1. The molecule has 110 valence electrons. The Morgan fingerprint density at radius 3 is 2.86 bits per heavy atom. The molecule has 0 fully saturated rings. The summed E-state index contributed by atoms with van der Waals surface area (Å²) in [6, 6.07) is 3.94. The van der Waals surface area contributed by atoms with Crippen LogP contribution in [0.3, 0.4) is 0 Å². The van der Waals surface area contributed by atoms with Gasteiger partial charge in [-0.25, -0.2) is 9.37 Å². The number of halogens is 1. The number of nitro groups is 1. The summed E-state index contributed by atoms with van der Waals surface area (Å²) in [7, 11) is 0. The summed E-state index contributed by atoms with van der Waals surface area (Å²) in [4.78, 5) is 18.1. The predicted octanol–water partition coefficient (Wildman–Crippen LogP) is 3.06. The lowest BCUT2D eigenvalue weighted by Crippen LogP contribution is -2.06. The molecule has 0 radical (unpaired) electrons. The molecule has 1 N–H and O–H groups in total. The van der Waals surface area contributed by atoms with Crippen molar-refractivity contribution in [1.29, 1.82) is 0 Å². The van der Waals surface area contributed by atoms with Gasteiger partial charge in [-0.15, -0.1) is 0 Å². The Morgan fingerprint density at radius 2 is 2.19 bits per heavy atom. The van der Waals surface area contributed by atoms with Crippen molar-refractivity contribution in [3.05, 3.63) is 46.0 Å². The molecular formula is C13H13FN4O3. The van der Waals surface area contributed by atoms with Crippen LogP contribution in [0.2, 0.25) is 0 Å². The molecule has 2 aromatic rings. The first-order valence-electron chi connectivity index (χ1n) is 6.20. The molecule has 2 rings (SSSR count). The van der Waals surface area contributed by atoms with E-state index in [-0.39, 0.29) is 23.1 Å². The lowest BCUT2D eigenvalue weighted by molar-refractivity contribution is -0.385. The Balaban J connectivity index is 2.46. The number of hydrogen-bond donors (Lipinski definition) is 1. The summed E-state index contributed by atoms with van der Waals surface area (Å²) in [5, 5.41) is 14.0. The molecule has 0 saturated heterocycles. The van der Waals surface area contributed by atoms with Gasteiger partial charge in [-0.1, -0.05) is 6.07 Å². The van der Waals surface area contributed by atoms with Crippen LogP contribution in [0.4, 0.5) is 15.9 Å². The van der Waals surface area contributed by atoms with Crippen LogP contribution in [-0.4, -0.2) is 21.4 Å². The van der Waals surface area contributed by atoms with E-state index in [0.29, 0.717) is 12.1 Å². The van der Waals surface area contributed by atoms with Crippen molar-refractivity contribution in [2.45, 2.75) is 13.8 Å². The molecule has 1 aromatic carbocycles. The molecule has 0 unspecified atom stereocenters. The highest BCUT2D eigenvalue weighted by atomic mass is 19.1. The number of anilines is 1. The Hall–Kier alpha value is -2.77. The lowest BCUT2D eigenvalue weighted by atomic mass is 10.2. The van der Waals surface area contributed by atoms with Crippen LogP contribution in [0, 0.1) is 22.9 Å². The van der Waals surface area contributed by atoms with E-state index in [1.54, 1.807) is 13.8 Å². The topological polar surface area (TPSA) is 90.2 Å². The van der Waals surface area contributed by atoms with Gasteiger partial charge >= 0.3 is 11.6 Å². The number of nitrogens with zero attached hydrogens (tertiary/aromatic N) is 3. The Labute approximate surface area is 120 Å². The van der Waals surface area contributed by atoms with Gasteiger partial charge in [0.1, 0.15) is 17.9 Å². The average molecular weight is 292 g/mol. The van der Waals surface area contributed by atoms with Crippen LogP contribution >= 0.6 is 0 Å². The molecule has 7 nitrogen and oxygen atoms in total. The first-order valence-corrected chi connectivity index (χ1v) is 6.20. The highest BCUT2D eigenvalue weighted by Crippen LogP contribution is 2.35. The zero-order valence-electron chi connectivity index (χ0n) is 11.5. The van der Waals surface area contributed by atoms with Gasteiger partial charge < -0.3 is 10.1 Å². The predicted molar refractivity (Wildman–Crippen MR) is 74.1 cm³/mol. The fraction of sp³-hybridized carbons (Fsp3) is 0.231. The SMILES string of the molecule is CCNc1ncnc(Oc2cc(F)ccc2C)c1[N+](=O)[O-]. The van der Waals surface area contributed by atoms with E-state index >= 15 is 0 Å². The molecule has 1 aromatic heterocycles. The molecule has 1 heterocycles. The number of ether oxygens (including phenoxy) is 1. The minimum atomic E-state index is -0.637. The molecule has 0 atom stereocenters. The van der Waals surface area contributed by atoms with Crippen LogP contribution in [-0.2, 0) is 0 Å². The molecular weight excluding hydrogens is 279 g/mol. The standard InChI is InChI=1S/C13H13FN4O3/c1-3-15-12-11(18(19)20)13(17-7-16-12)21-10-6-9(14)5-4-8(10)2/h4-7H,3H2,1-2H3,(H,15,16,17). The van der Waals surface area contributed by atoms with Crippen molar-refractivity contribution < 1.29 is 14.1 Å². The summed E-state index contributed by atoms with van der Waals surface area (Å²) < 4.78 is 18.6. The quantitative estimate of drug-likeness (QED) is 0.672. The van der Waals surface area contributed by atoms with E-state index in [1.165, 1.54) is 12.1 Å². The third kappa shape index (κ3) is 3.22. The molecule has 0 amide bonds. The highest BCUT2D eigenvalue weighted by Gasteiger charge is 2.25. The molecule has 0 bridgehead atoms. The van der Waals surface area contributed by atoms with Crippen molar-refractivity contribution in [2.24, 2.45) is 0 Å². The van der Waals surface area contributed by atoms with Crippen LogP contribution in [0.5, 0.6) is 11.6 Å². The number of rotatable bonds is 5. The van der Waals surface area contributed by atoms with Crippen LogP contribution in [0.15, 0.2) is 24.5 Å². The summed E-state index contributed by atoms with van der Waals surface area (Å²) >= 11 is 0. The number of aromatic nitrogens is 2. The van der Waals surface area contributed by atoms with E-state index < -0.39 is 10.7 Å². The largest absolute Gasteiger partial charge is 0.433 e.